The second-order valence-corrected chi connectivity index (χ2v) is 9.09. The van der Waals surface area contributed by atoms with Crippen molar-refractivity contribution in [3.05, 3.63) is 59.7 Å². The average Bonchev–Trinajstić information content (AvgIpc) is 3.29. The normalized spacial score (nSPS) is 10.9. The van der Waals surface area contributed by atoms with Crippen LogP contribution in [0.15, 0.2) is 48.5 Å². The zero-order chi connectivity index (χ0) is 25.4. The van der Waals surface area contributed by atoms with E-state index < -0.39 is 0 Å². The number of H-pyrrole nitrogens is 1. The number of anilines is 2. The Hall–Kier alpha value is -4.13. The number of hydrogen-bond donors (Lipinski definition) is 3. The van der Waals surface area contributed by atoms with Gasteiger partial charge < -0.3 is 29.7 Å². The third-order valence-corrected chi connectivity index (χ3v) is 6.29. The first kappa shape index (κ1) is 24.0. The lowest BCUT2D eigenvalue weighted by molar-refractivity contribution is 0.416. The van der Waals surface area contributed by atoms with E-state index in [4.69, 9.17) is 9.72 Å². The van der Waals surface area contributed by atoms with Crippen LogP contribution >= 0.6 is 0 Å². The highest BCUT2D eigenvalue weighted by atomic mass is 16.5. The number of hydrogen-bond acceptors (Lipinski definition) is 6. The summed E-state index contributed by atoms with van der Waals surface area (Å²) in [6.45, 7) is 3.49. The quantitative estimate of drug-likeness (QED) is 0.340. The molecule has 0 unspecified atom stereocenters. The van der Waals surface area contributed by atoms with Gasteiger partial charge >= 0.3 is 0 Å². The maximum atomic E-state index is 10.8. The Morgan fingerprint density at radius 2 is 1.43 bits per heavy atom. The topological polar surface area (TPSA) is 84.9 Å². The molecule has 7 heteroatoms. The van der Waals surface area contributed by atoms with E-state index in [1.54, 1.807) is 27.0 Å². The third-order valence-electron chi connectivity index (χ3n) is 6.29. The van der Waals surface area contributed by atoms with E-state index in [9.17, 15) is 10.2 Å². The van der Waals surface area contributed by atoms with Crippen LogP contribution in [0.25, 0.3) is 33.9 Å². The first-order chi connectivity index (χ1) is 16.6. The van der Waals surface area contributed by atoms with Gasteiger partial charge in [-0.15, -0.1) is 0 Å². The van der Waals surface area contributed by atoms with Gasteiger partial charge in [0.15, 0.2) is 0 Å². The molecule has 0 fully saturated rings. The summed E-state index contributed by atoms with van der Waals surface area (Å²) >= 11 is 0. The van der Waals surface area contributed by atoms with Crippen molar-refractivity contribution in [1.82, 2.24) is 9.97 Å². The van der Waals surface area contributed by atoms with Gasteiger partial charge in [0.05, 0.1) is 18.4 Å². The van der Waals surface area contributed by atoms with E-state index >= 15 is 0 Å². The van der Waals surface area contributed by atoms with Gasteiger partial charge in [0.25, 0.3) is 0 Å². The SMILES string of the molecule is COc1cc(N(C)C)ccc1-c1nc(-c2cc(C)c(O)c(C)c2O)[nH]c1-c1ccc(N(C)C)cc1. The van der Waals surface area contributed by atoms with Crippen LogP contribution in [0.2, 0.25) is 0 Å². The van der Waals surface area contributed by atoms with Crippen molar-refractivity contribution in [2.45, 2.75) is 13.8 Å². The number of phenolic OH excluding ortho intramolecular Hbond substituents is 2. The monoisotopic (exact) mass is 472 g/mol. The van der Waals surface area contributed by atoms with Crippen LogP contribution in [0.4, 0.5) is 11.4 Å². The molecule has 0 aliphatic rings. The van der Waals surface area contributed by atoms with Gasteiger partial charge in [-0.2, -0.15) is 0 Å². The molecular weight excluding hydrogens is 440 g/mol. The number of ether oxygens (including phenoxy) is 1. The molecule has 0 radical (unpaired) electrons. The summed E-state index contributed by atoms with van der Waals surface area (Å²) in [6.07, 6.45) is 0. The van der Waals surface area contributed by atoms with Gasteiger partial charge in [-0.1, -0.05) is 12.1 Å². The molecule has 0 spiro atoms. The Morgan fingerprint density at radius 3 is 2.03 bits per heavy atom. The van der Waals surface area contributed by atoms with Gasteiger partial charge in [-0.3, -0.25) is 0 Å². The van der Waals surface area contributed by atoms with E-state index in [0.29, 0.717) is 34.0 Å². The summed E-state index contributed by atoms with van der Waals surface area (Å²) in [4.78, 5) is 12.4. The molecular formula is C28H32N4O3. The molecule has 3 N–H and O–H groups in total. The standard InChI is InChI=1S/C28H32N4O3/c1-16-14-22(27(34)17(2)26(16)33)28-29-24(18-8-10-19(11-9-18)31(3)4)25(30-28)21-13-12-20(32(5)6)15-23(21)35-7/h8-15,33-34H,1-7H3,(H,29,30). The van der Waals surface area contributed by atoms with Crippen molar-refractivity contribution in [3.63, 3.8) is 0 Å². The highest BCUT2D eigenvalue weighted by molar-refractivity contribution is 5.86. The van der Waals surface area contributed by atoms with E-state index in [1.165, 1.54) is 0 Å². The van der Waals surface area contributed by atoms with Gasteiger partial charge in [0.1, 0.15) is 28.8 Å². The molecule has 4 aromatic rings. The van der Waals surface area contributed by atoms with E-state index in [-0.39, 0.29) is 11.5 Å². The smallest absolute Gasteiger partial charge is 0.142 e. The Bertz CT molecular complexity index is 1370. The first-order valence-corrected chi connectivity index (χ1v) is 11.4. The van der Waals surface area contributed by atoms with Crippen molar-refractivity contribution < 1.29 is 14.9 Å². The number of nitrogens with zero attached hydrogens (tertiary/aromatic N) is 3. The van der Waals surface area contributed by atoms with Crippen molar-refractivity contribution in [1.29, 1.82) is 0 Å². The molecule has 4 rings (SSSR count). The summed E-state index contributed by atoms with van der Waals surface area (Å²) in [7, 11) is 9.62. The molecule has 0 aliphatic heterocycles. The Morgan fingerprint density at radius 1 is 0.800 bits per heavy atom. The fourth-order valence-corrected chi connectivity index (χ4v) is 4.13. The average molecular weight is 473 g/mol. The predicted molar refractivity (Wildman–Crippen MR) is 143 cm³/mol. The van der Waals surface area contributed by atoms with Gasteiger partial charge in [0, 0.05) is 62.3 Å². The van der Waals surface area contributed by atoms with E-state index in [1.807, 2.05) is 68.3 Å². The highest BCUT2D eigenvalue weighted by Gasteiger charge is 2.22. The number of nitrogens with one attached hydrogen (secondary N) is 1. The largest absolute Gasteiger partial charge is 0.507 e. The van der Waals surface area contributed by atoms with Crippen LogP contribution in [0.5, 0.6) is 17.2 Å². The number of benzene rings is 3. The number of aromatic amines is 1. The first-order valence-electron chi connectivity index (χ1n) is 11.4. The fraction of sp³-hybridized carbons (Fsp3) is 0.250. The zero-order valence-electron chi connectivity index (χ0n) is 21.3. The third kappa shape index (κ3) is 4.37. The predicted octanol–water partition coefficient (Wildman–Crippen LogP) is 5.58. The van der Waals surface area contributed by atoms with Gasteiger partial charge in [0.2, 0.25) is 0 Å². The summed E-state index contributed by atoms with van der Waals surface area (Å²) in [5, 5.41) is 21.1. The molecule has 7 nitrogen and oxygen atoms in total. The van der Waals surface area contributed by atoms with Gasteiger partial charge in [-0.05, 0) is 49.7 Å². The lowest BCUT2D eigenvalue weighted by atomic mass is 10.0. The second kappa shape index (κ2) is 9.25. The van der Waals surface area contributed by atoms with Crippen LogP contribution < -0.4 is 14.5 Å². The molecule has 0 bridgehead atoms. The van der Waals surface area contributed by atoms with Crippen LogP contribution in [0.1, 0.15) is 11.1 Å². The Kier molecular flexibility index (Phi) is 6.35. The molecule has 1 heterocycles. The van der Waals surface area contributed by atoms with Crippen molar-refractivity contribution in [2.24, 2.45) is 0 Å². The maximum Gasteiger partial charge on any atom is 0.142 e. The van der Waals surface area contributed by atoms with E-state index in [2.05, 4.69) is 17.1 Å². The Labute approximate surface area is 206 Å². The summed E-state index contributed by atoms with van der Waals surface area (Å²) in [5.74, 6) is 1.29. The number of rotatable bonds is 6. The number of aromatic nitrogens is 2. The van der Waals surface area contributed by atoms with Gasteiger partial charge in [-0.25, -0.2) is 4.98 Å². The van der Waals surface area contributed by atoms with Crippen LogP contribution in [0, 0.1) is 13.8 Å². The molecule has 0 amide bonds. The molecule has 182 valence electrons. The summed E-state index contributed by atoms with van der Waals surface area (Å²) in [6, 6.07) is 15.9. The minimum atomic E-state index is -0.00201. The number of phenols is 2. The Balaban J connectivity index is 1.96. The molecule has 35 heavy (non-hydrogen) atoms. The zero-order valence-corrected chi connectivity index (χ0v) is 21.3. The summed E-state index contributed by atoms with van der Waals surface area (Å²) in [5.41, 5.74) is 7.02. The van der Waals surface area contributed by atoms with Crippen LogP contribution in [-0.2, 0) is 0 Å². The van der Waals surface area contributed by atoms with Crippen molar-refractivity contribution in [2.75, 3.05) is 45.1 Å². The molecule has 0 saturated heterocycles. The second-order valence-electron chi connectivity index (χ2n) is 9.09. The minimum Gasteiger partial charge on any atom is -0.507 e. The fourth-order valence-electron chi connectivity index (χ4n) is 4.13. The number of imidazole rings is 1. The molecule has 0 aliphatic carbocycles. The minimum absolute atomic E-state index is 0.00201. The molecule has 1 aromatic heterocycles. The molecule has 0 atom stereocenters. The maximum absolute atomic E-state index is 10.8. The summed E-state index contributed by atoms with van der Waals surface area (Å²) < 4.78 is 5.76. The lowest BCUT2D eigenvalue weighted by Gasteiger charge is -2.16. The van der Waals surface area contributed by atoms with Crippen molar-refractivity contribution >= 4 is 11.4 Å². The molecule has 3 aromatic carbocycles. The van der Waals surface area contributed by atoms with Crippen molar-refractivity contribution in [3.8, 4) is 51.2 Å². The van der Waals surface area contributed by atoms with Crippen LogP contribution in [0.3, 0.4) is 0 Å². The number of aryl methyl sites for hydroxylation is 1. The molecule has 0 saturated carbocycles. The number of methoxy groups -OCH3 is 1. The lowest BCUT2D eigenvalue weighted by Crippen LogP contribution is -2.08. The number of aromatic hydroxyl groups is 2. The highest BCUT2D eigenvalue weighted by Crippen LogP contribution is 2.43. The van der Waals surface area contributed by atoms with E-state index in [0.717, 1.165) is 28.2 Å². The van der Waals surface area contributed by atoms with Crippen LogP contribution in [-0.4, -0.2) is 55.5 Å².